The topological polar surface area (TPSA) is 49.3 Å². The number of carboxylic acids is 1. The lowest BCUT2D eigenvalue weighted by Crippen LogP contribution is -2.30. The van der Waals surface area contributed by atoms with Crippen molar-refractivity contribution < 1.29 is 14.3 Å². The number of carboxylic acid groups (broad SMARTS) is 1. The van der Waals surface area contributed by atoms with Crippen LogP contribution in [0.25, 0.3) is 0 Å². The van der Waals surface area contributed by atoms with Crippen LogP contribution < -0.4 is 5.32 Å². The van der Waals surface area contributed by atoms with Gasteiger partial charge < -0.3 is 10.4 Å². The second-order valence-corrected chi connectivity index (χ2v) is 6.63. The number of nitrogens with one attached hydrogen (secondary N) is 1. The minimum atomic E-state index is -1.01. The van der Waals surface area contributed by atoms with Crippen LogP contribution in [0.1, 0.15) is 39.9 Å². The van der Waals surface area contributed by atoms with E-state index in [2.05, 4.69) is 17.5 Å². The SMILES string of the molecule is O=C(O)c1cc(Cl)c2c(c1)[C@@H]1C=CC[C@@H]1[C@@H](c1ccccc1F)N2. The van der Waals surface area contributed by atoms with Gasteiger partial charge in [0.15, 0.2) is 0 Å². The molecular weight excluding hydrogens is 329 g/mol. The summed E-state index contributed by atoms with van der Waals surface area (Å²) in [5.41, 5.74) is 2.35. The third kappa shape index (κ3) is 2.29. The van der Waals surface area contributed by atoms with Crippen molar-refractivity contribution in [1.82, 2.24) is 0 Å². The number of benzene rings is 2. The molecule has 0 radical (unpaired) electrons. The summed E-state index contributed by atoms with van der Waals surface area (Å²) in [6.07, 6.45) is 4.95. The number of fused-ring (bicyclic) bond motifs is 3. The van der Waals surface area contributed by atoms with Crippen molar-refractivity contribution in [3.8, 4) is 0 Å². The molecule has 0 bridgehead atoms. The van der Waals surface area contributed by atoms with Gasteiger partial charge in [-0.3, -0.25) is 0 Å². The maximum atomic E-state index is 14.3. The fourth-order valence-electron chi connectivity index (χ4n) is 3.81. The zero-order chi connectivity index (χ0) is 16.8. The first-order valence-corrected chi connectivity index (χ1v) is 8.18. The Balaban J connectivity index is 1.85. The van der Waals surface area contributed by atoms with E-state index in [0.29, 0.717) is 16.3 Å². The molecule has 1 aliphatic heterocycles. The van der Waals surface area contributed by atoms with Gasteiger partial charge in [-0.15, -0.1) is 0 Å². The van der Waals surface area contributed by atoms with E-state index >= 15 is 0 Å². The van der Waals surface area contributed by atoms with Crippen LogP contribution in [0, 0.1) is 11.7 Å². The van der Waals surface area contributed by atoms with E-state index in [4.69, 9.17) is 11.6 Å². The van der Waals surface area contributed by atoms with Gasteiger partial charge in [0.1, 0.15) is 5.82 Å². The molecule has 2 aromatic rings. The van der Waals surface area contributed by atoms with Gasteiger partial charge in [0.05, 0.1) is 22.3 Å². The van der Waals surface area contributed by atoms with Crippen molar-refractivity contribution in [3.05, 3.63) is 76.1 Å². The fraction of sp³-hybridized carbons (Fsp3) is 0.211. The Kier molecular flexibility index (Phi) is 3.57. The van der Waals surface area contributed by atoms with Crippen molar-refractivity contribution in [2.24, 2.45) is 5.92 Å². The molecule has 0 unspecified atom stereocenters. The van der Waals surface area contributed by atoms with Crippen molar-refractivity contribution in [2.75, 3.05) is 5.32 Å². The van der Waals surface area contributed by atoms with Crippen LogP contribution in [0.15, 0.2) is 48.6 Å². The summed E-state index contributed by atoms with van der Waals surface area (Å²) < 4.78 is 14.3. The highest BCUT2D eigenvalue weighted by atomic mass is 35.5. The molecule has 0 saturated heterocycles. The average molecular weight is 344 g/mol. The summed E-state index contributed by atoms with van der Waals surface area (Å²) in [5, 5.41) is 13.0. The normalized spacial score (nSPS) is 24.2. The Morgan fingerprint density at radius 1 is 1.25 bits per heavy atom. The lowest BCUT2D eigenvalue weighted by molar-refractivity contribution is 0.0696. The van der Waals surface area contributed by atoms with Crippen molar-refractivity contribution in [3.63, 3.8) is 0 Å². The predicted molar refractivity (Wildman–Crippen MR) is 91.2 cm³/mol. The second kappa shape index (κ2) is 5.64. The molecule has 1 aliphatic carbocycles. The van der Waals surface area contributed by atoms with Gasteiger partial charge in [0.2, 0.25) is 0 Å². The lowest BCUT2D eigenvalue weighted by Gasteiger charge is -2.38. The second-order valence-electron chi connectivity index (χ2n) is 6.22. The number of aromatic carboxylic acids is 1. The van der Waals surface area contributed by atoms with Gasteiger partial charge in [-0.05, 0) is 36.1 Å². The Hall–Kier alpha value is -2.33. The van der Waals surface area contributed by atoms with Crippen LogP contribution in [-0.2, 0) is 0 Å². The smallest absolute Gasteiger partial charge is 0.335 e. The van der Waals surface area contributed by atoms with E-state index < -0.39 is 5.97 Å². The summed E-state index contributed by atoms with van der Waals surface area (Å²) >= 11 is 6.33. The van der Waals surface area contributed by atoms with Gasteiger partial charge in [-0.25, -0.2) is 9.18 Å². The number of anilines is 1. The molecule has 0 saturated carbocycles. The summed E-state index contributed by atoms with van der Waals surface area (Å²) in [6.45, 7) is 0. The third-order valence-electron chi connectivity index (χ3n) is 4.91. The van der Waals surface area contributed by atoms with Crippen LogP contribution in [-0.4, -0.2) is 11.1 Å². The molecule has 0 spiro atoms. The summed E-state index contributed by atoms with van der Waals surface area (Å²) in [7, 11) is 0. The Bertz CT molecular complexity index is 864. The van der Waals surface area contributed by atoms with E-state index in [1.54, 1.807) is 18.2 Å². The molecule has 0 aromatic heterocycles. The molecule has 2 aromatic carbocycles. The Labute approximate surface area is 143 Å². The monoisotopic (exact) mass is 343 g/mol. The van der Waals surface area contributed by atoms with Crippen LogP contribution in [0.2, 0.25) is 5.02 Å². The number of halogens is 2. The number of carbonyl (C=O) groups is 1. The van der Waals surface area contributed by atoms with E-state index in [1.807, 2.05) is 6.07 Å². The van der Waals surface area contributed by atoms with Crippen LogP contribution in [0.5, 0.6) is 0 Å². The average Bonchev–Trinajstić information content (AvgIpc) is 3.05. The van der Waals surface area contributed by atoms with Gasteiger partial charge in [-0.2, -0.15) is 0 Å². The first-order chi connectivity index (χ1) is 11.6. The highest BCUT2D eigenvalue weighted by Crippen LogP contribution is 2.52. The molecule has 5 heteroatoms. The van der Waals surface area contributed by atoms with Crippen molar-refractivity contribution >= 4 is 23.3 Å². The molecule has 4 rings (SSSR count). The minimum Gasteiger partial charge on any atom is -0.478 e. The maximum Gasteiger partial charge on any atom is 0.335 e. The molecule has 0 fully saturated rings. The predicted octanol–water partition coefficient (Wildman–Crippen LogP) is 5.00. The number of hydrogen-bond donors (Lipinski definition) is 2. The van der Waals surface area contributed by atoms with Gasteiger partial charge >= 0.3 is 5.97 Å². The molecule has 2 N–H and O–H groups in total. The van der Waals surface area contributed by atoms with E-state index in [9.17, 15) is 14.3 Å². The molecule has 1 heterocycles. The first kappa shape index (κ1) is 15.2. The quantitative estimate of drug-likeness (QED) is 0.754. The molecule has 3 atom stereocenters. The molecule has 122 valence electrons. The molecular formula is C19H15ClFNO2. The molecule has 3 nitrogen and oxygen atoms in total. The summed E-state index contributed by atoms with van der Waals surface area (Å²) in [6, 6.07) is 9.64. The molecule has 2 aliphatic rings. The largest absolute Gasteiger partial charge is 0.478 e. The van der Waals surface area contributed by atoms with E-state index in [-0.39, 0.29) is 29.3 Å². The van der Waals surface area contributed by atoms with Crippen molar-refractivity contribution in [1.29, 1.82) is 0 Å². The van der Waals surface area contributed by atoms with Crippen LogP contribution in [0.4, 0.5) is 10.1 Å². The first-order valence-electron chi connectivity index (χ1n) is 7.80. The third-order valence-corrected chi connectivity index (χ3v) is 5.21. The Morgan fingerprint density at radius 3 is 2.79 bits per heavy atom. The lowest BCUT2D eigenvalue weighted by atomic mass is 9.76. The summed E-state index contributed by atoms with van der Waals surface area (Å²) in [5.74, 6) is -1.09. The number of allylic oxidation sites excluding steroid dienone is 2. The van der Waals surface area contributed by atoms with Gasteiger partial charge in [0, 0.05) is 11.5 Å². The number of rotatable bonds is 2. The van der Waals surface area contributed by atoms with E-state index in [1.165, 1.54) is 12.1 Å². The van der Waals surface area contributed by atoms with Crippen LogP contribution >= 0.6 is 11.6 Å². The molecule has 24 heavy (non-hydrogen) atoms. The van der Waals surface area contributed by atoms with Crippen LogP contribution in [0.3, 0.4) is 0 Å². The zero-order valence-corrected chi connectivity index (χ0v) is 13.4. The highest BCUT2D eigenvalue weighted by molar-refractivity contribution is 6.33. The zero-order valence-electron chi connectivity index (χ0n) is 12.7. The standard InChI is InChI=1S/C19H15ClFNO2/c20-15-9-10(19(23)24)8-14-11-5-3-6-12(11)17(22-18(14)15)13-4-1-2-7-16(13)21/h1-5,7-9,11-12,17,22H,6H2,(H,23,24)/t11-,12+,17+/m1/s1. The van der Waals surface area contributed by atoms with Crippen molar-refractivity contribution in [2.45, 2.75) is 18.4 Å². The number of hydrogen-bond acceptors (Lipinski definition) is 2. The van der Waals surface area contributed by atoms with Gasteiger partial charge in [-0.1, -0.05) is 42.0 Å². The Morgan fingerprint density at radius 2 is 2.04 bits per heavy atom. The maximum absolute atomic E-state index is 14.3. The minimum absolute atomic E-state index is 0.0302. The molecule has 0 amide bonds. The fourth-order valence-corrected chi connectivity index (χ4v) is 4.10. The highest BCUT2D eigenvalue weighted by Gasteiger charge is 2.40. The summed E-state index contributed by atoms with van der Waals surface area (Å²) in [4.78, 5) is 11.3. The van der Waals surface area contributed by atoms with Gasteiger partial charge in [0.25, 0.3) is 0 Å². The van der Waals surface area contributed by atoms with E-state index in [0.717, 1.165) is 12.0 Å².